The lowest BCUT2D eigenvalue weighted by molar-refractivity contribution is -0.176. The van der Waals surface area contributed by atoms with Crippen molar-refractivity contribution >= 4 is 11.8 Å². The Labute approximate surface area is 158 Å². The lowest BCUT2D eigenvalue weighted by Crippen LogP contribution is -2.54. The van der Waals surface area contributed by atoms with Gasteiger partial charge in [-0.1, -0.05) is 33.6 Å². The van der Waals surface area contributed by atoms with Crippen LogP contribution < -0.4 is 0 Å². The van der Waals surface area contributed by atoms with E-state index in [1.54, 1.807) is 0 Å². The van der Waals surface area contributed by atoms with Crippen molar-refractivity contribution < 1.29 is 19.4 Å². The van der Waals surface area contributed by atoms with Crippen LogP contribution in [0, 0.1) is 28.6 Å². The van der Waals surface area contributed by atoms with Crippen molar-refractivity contribution in [3.8, 4) is 0 Å². The van der Waals surface area contributed by atoms with E-state index in [0.29, 0.717) is 24.0 Å². The Balaban J connectivity index is 1.93. The fourth-order valence-corrected chi connectivity index (χ4v) is 6.59. The summed E-state index contributed by atoms with van der Waals surface area (Å²) >= 11 is 0. The van der Waals surface area contributed by atoms with Crippen molar-refractivity contribution in [2.75, 3.05) is 0 Å². The lowest BCUT2D eigenvalue weighted by Gasteiger charge is -2.55. The number of carbonyl (C=O) groups excluding carboxylic acids is 2. The fraction of sp³-hybridized carbons (Fsp3) is 0.909. The molecule has 0 spiro atoms. The maximum Gasteiger partial charge on any atom is 0.302 e. The van der Waals surface area contributed by atoms with Crippen LogP contribution in [0.5, 0.6) is 0 Å². The van der Waals surface area contributed by atoms with E-state index in [4.69, 9.17) is 4.74 Å². The van der Waals surface area contributed by atoms with Gasteiger partial charge in [-0.3, -0.25) is 9.59 Å². The van der Waals surface area contributed by atoms with Gasteiger partial charge >= 0.3 is 5.97 Å². The predicted octanol–water partition coefficient (Wildman–Crippen LogP) is 4.28. The Hall–Kier alpha value is -0.900. The zero-order valence-corrected chi connectivity index (χ0v) is 16.9. The number of carbonyl (C=O) groups is 2. The zero-order chi connectivity index (χ0) is 19.1. The third-order valence-electron chi connectivity index (χ3n) is 8.20. The number of esters is 1. The predicted molar refractivity (Wildman–Crippen MR) is 100 cm³/mol. The molecule has 4 heteroatoms. The Morgan fingerprint density at radius 1 is 1.19 bits per heavy atom. The zero-order valence-electron chi connectivity index (χ0n) is 16.9. The monoisotopic (exact) mass is 364 g/mol. The summed E-state index contributed by atoms with van der Waals surface area (Å²) in [6.45, 7) is 8.16. The number of ether oxygens (including phenoxy) is 1. The molecular weight excluding hydrogens is 328 g/mol. The summed E-state index contributed by atoms with van der Waals surface area (Å²) in [7, 11) is 0. The Morgan fingerprint density at radius 3 is 2.58 bits per heavy atom. The van der Waals surface area contributed by atoms with Crippen molar-refractivity contribution in [3.63, 3.8) is 0 Å². The summed E-state index contributed by atoms with van der Waals surface area (Å²) < 4.78 is 5.95. The van der Waals surface area contributed by atoms with Gasteiger partial charge in [-0.15, -0.1) is 0 Å². The van der Waals surface area contributed by atoms with Gasteiger partial charge in [0, 0.05) is 30.6 Å². The highest BCUT2D eigenvalue weighted by atomic mass is 16.5. The average molecular weight is 365 g/mol. The highest BCUT2D eigenvalue weighted by Crippen LogP contribution is 2.60. The lowest BCUT2D eigenvalue weighted by atomic mass is 9.51. The van der Waals surface area contributed by atoms with E-state index < -0.39 is 0 Å². The number of aliphatic hydroxyl groups is 1. The molecule has 0 amide bonds. The van der Waals surface area contributed by atoms with Gasteiger partial charge in [0.25, 0.3) is 0 Å². The Bertz CT molecular complexity index is 558. The largest absolute Gasteiger partial charge is 0.462 e. The number of hydrogen-bond acceptors (Lipinski definition) is 4. The van der Waals surface area contributed by atoms with Crippen LogP contribution in [0.4, 0.5) is 0 Å². The van der Waals surface area contributed by atoms with Crippen molar-refractivity contribution in [2.45, 2.75) is 97.7 Å². The number of hydrogen-bond donors (Lipinski definition) is 1. The molecule has 0 bridgehead atoms. The van der Waals surface area contributed by atoms with Gasteiger partial charge in [-0.05, 0) is 49.9 Å². The third-order valence-corrected chi connectivity index (χ3v) is 8.20. The van der Waals surface area contributed by atoms with Gasteiger partial charge in [-0.2, -0.15) is 0 Å². The van der Waals surface area contributed by atoms with E-state index in [1.165, 1.54) is 6.92 Å². The van der Waals surface area contributed by atoms with Crippen molar-refractivity contribution in [2.24, 2.45) is 28.6 Å². The molecule has 0 aromatic carbocycles. The second-order valence-corrected chi connectivity index (χ2v) is 9.62. The van der Waals surface area contributed by atoms with Gasteiger partial charge in [0.1, 0.15) is 11.9 Å². The van der Waals surface area contributed by atoms with Crippen molar-refractivity contribution in [1.29, 1.82) is 0 Å². The summed E-state index contributed by atoms with van der Waals surface area (Å²) in [5.74, 6) is 1.03. The Kier molecular flexibility index (Phi) is 5.54. The van der Waals surface area contributed by atoms with Gasteiger partial charge in [0.05, 0.1) is 6.10 Å². The van der Waals surface area contributed by atoms with Gasteiger partial charge in [0.15, 0.2) is 0 Å². The maximum atomic E-state index is 12.6. The molecule has 1 N–H and O–H groups in total. The molecule has 3 fully saturated rings. The summed E-state index contributed by atoms with van der Waals surface area (Å²) in [6.07, 6.45) is 7.87. The average Bonchev–Trinajstić information content (AvgIpc) is 2.87. The molecule has 0 radical (unpaired) electrons. The van der Waals surface area contributed by atoms with Gasteiger partial charge < -0.3 is 9.84 Å². The Morgan fingerprint density at radius 2 is 1.92 bits per heavy atom. The minimum absolute atomic E-state index is 0.0718. The van der Waals surface area contributed by atoms with Crippen LogP contribution in [0.2, 0.25) is 0 Å². The van der Waals surface area contributed by atoms with Gasteiger partial charge in [0.2, 0.25) is 0 Å². The molecule has 0 saturated heterocycles. The van der Waals surface area contributed by atoms with Gasteiger partial charge in [-0.25, -0.2) is 0 Å². The quantitative estimate of drug-likeness (QED) is 0.756. The topological polar surface area (TPSA) is 63.6 Å². The highest BCUT2D eigenvalue weighted by molar-refractivity contribution is 5.87. The van der Waals surface area contributed by atoms with Crippen LogP contribution in [0.15, 0.2) is 0 Å². The normalized spacial score (nSPS) is 46.0. The summed E-state index contributed by atoms with van der Waals surface area (Å²) in [6, 6.07) is 0. The van der Waals surface area contributed by atoms with Crippen LogP contribution >= 0.6 is 0 Å². The first-order valence-electron chi connectivity index (χ1n) is 10.6. The number of rotatable bonds is 4. The first kappa shape index (κ1) is 19.9. The molecule has 0 aromatic heterocycles. The summed E-state index contributed by atoms with van der Waals surface area (Å²) in [4.78, 5) is 24.5. The molecule has 148 valence electrons. The smallest absolute Gasteiger partial charge is 0.302 e. The molecule has 0 unspecified atom stereocenters. The van der Waals surface area contributed by atoms with Crippen LogP contribution in [-0.2, 0) is 14.3 Å². The second-order valence-electron chi connectivity index (χ2n) is 9.62. The molecule has 26 heavy (non-hydrogen) atoms. The summed E-state index contributed by atoms with van der Waals surface area (Å²) in [5.41, 5.74) is -0.246. The molecule has 0 heterocycles. The fourth-order valence-electron chi connectivity index (χ4n) is 6.59. The molecule has 4 nitrogen and oxygen atoms in total. The molecule has 3 rings (SSSR count). The minimum atomic E-state index is -0.318. The molecule has 0 aromatic rings. The summed E-state index contributed by atoms with van der Waals surface area (Å²) in [5, 5.41) is 10.2. The van der Waals surface area contributed by atoms with Crippen LogP contribution in [-0.4, -0.2) is 29.1 Å². The first-order chi connectivity index (χ1) is 12.2. The standard InChI is InChI=1S/C22H36O4/c1-5-6-15-13-16(24)9-11-21(15,3)18-10-12-22(4)17(7-8-19(22)25)20(18)26-14(2)23/h15-18,20,24H,5-13H2,1-4H3/t15-,16-,17-,18-,20-,21-,22-/m0/s1. The third kappa shape index (κ3) is 3.23. The molecule has 0 aliphatic heterocycles. The molecule has 3 aliphatic rings. The molecule has 7 atom stereocenters. The van der Waals surface area contributed by atoms with Crippen molar-refractivity contribution in [1.82, 2.24) is 0 Å². The first-order valence-corrected chi connectivity index (χ1v) is 10.6. The highest BCUT2D eigenvalue weighted by Gasteiger charge is 2.59. The van der Waals surface area contributed by atoms with E-state index in [0.717, 1.165) is 51.4 Å². The van der Waals surface area contributed by atoms with Crippen LogP contribution in [0.1, 0.15) is 85.5 Å². The number of ketones is 1. The number of fused-ring (bicyclic) bond motifs is 1. The maximum absolute atomic E-state index is 12.6. The van der Waals surface area contributed by atoms with Crippen molar-refractivity contribution in [3.05, 3.63) is 0 Å². The number of Topliss-reactive ketones (excluding diaryl/α,β-unsaturated/α-hetero) is 1. The van der Waals surface area contributed by atoms with E-state index in [9.17, 15) is 14.7 Å². The molecule has 3 aliphatic carbocycles. The number of aliphatic hydroxyl groups excluding tert-OH is 1. The molecule has 3 saturated carbocycles. The minimum Gasteiger partial charge on any atom is -0.462 e. The van der Waals surface area contributed by atoms with Crippen LogP contribution in [0.3, 0.4) is 0 Å². The molecular formula is C22H36O4. The van der Waals surface area contributed by atoms with E-state index in [2.05, 4.69) is 20.8 Å². The van der Waals surface area contributed by atoms with E-state index in [1.807, 2.05) is 0 Å². The van der Waals surface area contributed by atoms with E-state index in [-0.39, 0.29) is 34.9 Å². The second kappa shape index (κ2) is 7.26. The van der Waals surface area contributed by atoms with E-state index >= 15 is 0 Å². The SMILES string of the molecule is CCC[C@H]1C[C@@H](O)CC[C@]1(C)[C@H]1CC[C@]2(C)C(=O)CC[C@H]2[C@@H]1OC(C)=O. The van der Waals surface area contributed by atoms with Crippen LogP contribution in [0.25, 0.3) is 0 Å².